The van der Waals surface area contributed by atoms with E-state index in [1.165, 1.54) is 7.11 Å². The van der Waals surface area contributed by atoms with Crippen molar-refractivity contribution in [2.24, 2.45) is 0 Å². The Morgan fingerprint density at radius 2 is 1.75 bits per heavy atom. The number of ether oxygens (including phenoxy) is 3. The Morgan fingerprint density at radius 1 is 1.04 bits per heavy atom. The highest BCUT2D eigenvalue weighted by Gasteiger charge is 2.08. The second-order valence-electron chi connectivity index (χ2n) is 5.08. The van der Waals surface area contributed by atoms with Crippen LogP contribution in [0.1, 0.15) is 10.4 Å². The third kappa shape index (κ3) is 4.89. The van der Waals surface area contributed by atoms with Crippen molar-refractivity contribution >= 4 is 11.5 Å². The first-order valence-electron chi connectivity index (χ1n) is 7.58. The van der Waals surface area contributed by atoms with Crippen molar-refractivity contribution < 1.29 is 19.0 Å². The summed E-state index contributed by atoms with van der Waals surface area (Å²) >= 11 is 0. The van der Waals surface area contributed by atoms with Gasteiger partial charge in [-0.05, 0) is 42.5 Å². The molecule has 0 saturated carbocycles. The normalized spacial score (nSPS) is 10.2. The van der Waals surface area contributed by atoms with Crippen molar-refractivity contribution in [3.63, 3.8) is 0 Å². The van der Waals surface area contributed by atoms with E-state index in [4.69, 9.17) is 19.9 Å². The maximum absolute atomic E-state index is 12.1. The van der Waals surface area contributed by atoms with Gasteiger partial charge in [0.1, 0.15) is 23.9 Å². The van der Waals surface area contributed by atoms with Gasteiger partial charge in [-0.2, -0.15) is 0 Å². The van der Waals surface area contributed by atoms with E-state index in [1.54, 1.807) is 25.3 Å². The number of nitrogens with one attached hydrogen (secondary N) is 1. The first-order valence-corrected chi connectivity index (χ1v) is 7.58. The average Bonchev–Trinajstić information content (AvgIpc) is 2.61. The van der Waals surface area contributed by atoms with Crippen LogP contribution in [0.25, 0.3) is 0 Å². The molecule has 0 saturated heterocycles. The second kappa shape index (κ2) is 8.79. The molecule has 0 fully saturated rings. The molecule has 0 radical (unpaired) electrons. The van der Waals surface area contributed by atoms with Crippen molar-refractivity contribution in [1.29, 1.82) is 0 Å². The molecule has 24 heavy (non-hydrogen) atoms. The van der Waals surface area contributed by atoms with Gasteiger partial charge in [0.2, 0.25) is 0 Å². The van der Waals surface area contributed by atoms with E-state index in [0.717, 1.165) is 11.5 Å². The molecule has 2 aromatic carbocycles. The van der Waals surface area contributed by atoms with Crippen molar-refractivity contribution in [2.45, 2.75) is 0 Å². The number of nitrogen functional groups attached to an aromatic ring is 1. The maximum atomic E-state index is 12.1. The van der Waals surface area contributed by atoms with Crippen LogP contribution in [0.3, 0.4) is 0 Å². The van der Waals surface area contributed by atoms with E-state index < -0.39 is 0 Å². The highest BCUT2D eigenvalue weighted by atomic mass is 16.5. The minimum absolute atomic E-state index is 0.0335. The molecule has 0 amide bonds. The molecule has 0 aliphatic heterocycles. The summed E-state index contributed by atoms with van der Waals surface area (Å²) in [5.41, 5.74) is 6.81. The summed E-state index contributed by atoms with van der Waals surface area (Å²) in [4.78, 5) is 12.1. The standard InChI is InChI=1S/C18H22N2O4/c1-22-14-4-6-15(7-5-14)24-10-9-20-12-17(21)13-3-8-18(23-2)16(19)11-13/h3-8,11,20H,9-10,12,19H2,1-2H3. The van der Waals surface area contributed by atoms with Gasteiger partial charge >= 0.3 is 0 Å². The molecule has 6 heteroatoms. The SMILES string of the molecule is COc1ccc(OCCNCC(=O)c2ccc(OC)c(N)c2)cc1. The quantitative estimate of drug-likeness (QED) is 0.416. The largest absolute Gasteiger partial charge is 0.497 e. The zero-order valence-electron chi connectivity index (χ0n) is 13.9. The number of hydrogen-bond donors (Lipinski definition) is 2. The van der Waals surface area contributed by atoms with Crippen LogP contribution in [0.5, 0.6) is 17.2 Å². The van der Waals surface area contributed by atoms with E-state index in [9.17, 15) is 4.79 Å². The van der Waals surface area contributed by atoms with Crippen LogP contribution < -0.4 is 25.3 Å². The molecule has 3 N–H and O–H groups in total. The number of nitrogens with two attached hydrogens (primary N) is 1. The van der Waals surface area contributed by atoms with Gasteiger partial charge in [0.05, 0.1) is 26.5 Å². The summed E-state index contributed by atoms with van der Waals surface area (Å²) in [7, 11) is 3.16. The number of hydrogen-bond acceptors (Lipinski definition) is 6. The van der Waals surface area contributed by atoms with Crippen LogP contribution in [0.15, 0.2) is 42.5 Å². The molecular weight excluding hydrogens is 308 g/mol. The zero-order valence-corrected chi connectivity index (χ0v) is 13.9. The molecule has 0 aliphatic rings. The predicted molar refractivity (Wildman–Crippen MR) is 93.1 cm³/mol. The number of anilines is 1. The number of methoxy groups -OCH3 is 2. The molecule has 0 bridgehead atoms. The van der Waals surface area contributed by atoms with Crippen molar-refractivity contribution in [1.82, 2.24) is 5.32 Å². The van der Waals surface area contributed by atoms with Gasteiger partial charge in [-0.15, -0.1) is 0 Å². The van der Waals surface area contributed by atoms with Crippen molar-refractivity contribution in [3.05, 3.63) is 48.0 Å². The molecule has 0 heterocycles. The Labute approximate surface area is 141 Å². The van der Waals surface area contributed by atoms with E-state index in [-0.39, 0.29) is 12.3 Å². The fourth-order valence-corrected chi connectivity index (χ4v) is 2.12. The number of carbonyl (C=O) groups excluding carboxylic acids is 1. The first kappa shape index (κ1) is 17.6. The number of benzene rings is 2. The smallest absolute Gasteiger partial charge is 0.176 e. The van der Waals surface area contributed by atoms with Gasteiger partial charge in [-0.1, -0.05) is 0 Å². The van der Waals surface area contributed by atoms with Crippen LogP contribution in [-0.2, 0) is 0 Å². The molecule has 2 aromatic rings. The summed E-state index contributed by atoms with van der Waals surface area (Å²) in [6.07, 6.45) is 0. The summed E-state index contributed by atoms with van der Waals surface area (Å²) in [5, 5.41) is 3.05. The lowest BCUT2D eigenvalue weighted by molar-refractivity contribution is 0.0990. The second-order valence-corrected chi connectivity index (χ2v) is 5.08. The molecule has 6 nitrogen and oxygen atoms in total. The molecule has 0 spiro atoms. The Bertz CT molecular complexity index is 671. The van der Waals surface area contributed by atoms with E-state index in [0.29, 0.717) is 30.2 Å². The Hall–Kier alpha value is -2.73. The third-order valence-corrected chi connectivity index (χ3v) is 3.44. The summed E-state index contributed by atoms with van der Waals surface area (Å²) in [5.74, 6) is 2.07. The third-order valence-electron chi connectivity index (χ3n) is 3.44. The Kier molecular flexibility index (Phi) is 6.45. The lowest BCUT2D eigenvalue weighted by Gasteiger charge is -2.09. The minimum atomic E-state index is -0.0335. The predicted octanol–water partition coefficient (Wildman–Crippen LogP) is 2.14. The number of ketones is 1. The minimum Gasteiger partial charge on any atom is -0.497 e. The Morgan fingerprint density at radius 3 is 2.38 bits per heavy atom. The molecule has 2 rings (SSSR count). The molecule has 0 aliphatic carbocycles. The van der Waals surface area contributed by atoms with Gasteiger partial charge < -0.3 is 25.3 Å². The lowest BCUT2D eigenvalue weighted by atomic mass is 10.1. The first-order chi connectivity index (χ1) is 11.6. The number of carbonyl (C=O) groups is 1. The summed E-state index contributed by atoms with van der Waals surface area (Å²) < 4.78 is 15.7. The Balaban J connectivity index is 1.71. The van der Waals surface area contributed by atoms with E-state index in [2.05, 4.69) is 5.32 Å². The van der Waals surface area contributed by atoms with Gasteiger partial charge in [0.15, 0.2) is 5.78 Å². The average molecular weight is 330 g/mol. The molecule has 0 atom stereocenters. The van der Waals surface area contributed by atoms with Crippen LogP contribution in [0, 0.1) is 0 Å². The zero-order chi connectivity index (χ0) is 17.4. The molecular formula is C18H22N2O4. The van der Waals surface area contributed by atoms with E-state index >= 15 is 0 Å². The monoisotopic (exact) mass is 330 g/mol. The number of Topliss-reactive ketones (excluding diaryl/α,β-unsaturated/α-hetero) is 1. The highest BCUT2D eigenvalue weighted by molar-refractivity contribution is 5.98. The van der Waals surface area contributed by atoms with Crippen molar-refractivity contribution in [2.75, 3.05) is 39.6 Å². The van der Waals surface area contributed by atoms with Gasteiger partial charge in [0, 0.05) is 12.1 Å². The van der Waals surface area contributed by atoms with E-state index in [1.807, 2.05) is 24.3 Å². The fourth-order valence-electron chi connectivity index (χ4n) is 2.12. The summed E-state index contributed by atoms with van der Waals surface area (Å²) in [6, 6.07) is 12.4. The van der Waals surface area contributed by atoms with Crippen LogP contribution in [-0.4, -0.2) is 39.7 Å². The van der Waals surface area contributed by atoms with Crippen LogP contribution in [0.2, 0.25) is 0 Å². The number of rotatable bonds is 9. The van der Waals surface area contributed by atoms with Crippen molar-refractivity contribution in [3.8, 4) is 17.2 Å². The molecule has 128 valence electrons. The maximum Gasteiger partial charge on any atom is 0.176 e. The van der Waals surface area contributed by atoms with Crippen LogP contribution in [0.4, 0.5) is 5.69 Å². The highest BCUT2D eigenvalue weighted by Crippen LogP contribution is 2.22. The molecule has 0 unspecified atom stereocenters. The van der Waals surface area contributed by atoms with Gasteiger partial charge in [-0.3, -0.25) is 4.79 Å². The topological polar surface area (TPSA) is 82.8 Å². The van der Waals surface area contributed by atoms with Crippen LogP contribution >= 0.6 is 0 Å². The lowest BCUT2D eigenvalue weighted by Crippen LogP contribution is -2.27. The van der Waals surface area contributed by atoms with Gasteiger partial charge in [-0.25, -0.2) is 0 Å². The van der Waals surface area contributed by atoms with Gasteiger partial charge in [0.25, 0.3) is 0 Å². The fraction of sp³-hybridized carbons (Fsp3) is 0.278. The summed E-state index contributed by atoms with van der Waals surface area (Å²) in [6.45, 7) is 1.24. The molecule has 0 aromatic heterocycles.